The number of aryl methyl sites for hydroxylation is 6. The number of benzene rings is 2. The molecule has 2 aromatic rings. The third-order valence-electron chi connectivity index (χ3n) is 14.7. The molecule has 2 nitrogen and oxygen atoms in total. The molecule has 57 heavy (non-hydrogen) atoms. The molecule has 0 radical (unpaired) electrons. The number of allylic oxidation sites excluding steroid dienone is 7. The maximum absolute atomic E-state index is 4.04. The quantitative estimate of drug-likeness (QED) is 0.165. The monoisotopic (exact) mass is 787 g/mol. The van der Waals surface area contributed by atoms with Crippen molar-refractivity contribution < 1.29 is 0 Å². The van der Waals surface area contributed by atoms with Gasteiger partial charge in [-0.05, 0) is 174 Å². The summed E-state index contributed by atoms with van der Waals surface area (Å²) in [4.78, 5) is 0. The van der Waals surface area contributed by atoms with Crippen molar-refractivity contribution in [2.75, 3.05) is 13.1 Å². The Balaban J connectivity index is 1.58. The summed E-state index contributed by atoms with van der Waals surface area (Å²) in [6, 6.07) is 9.95. The van der Waals surface area contributed by atoms with Crippen molar-refractivity contribution in [3.05, 3.63) is 109 Å². The Morgan fingerprint density at radius 3 is 1.74 bits per heavy atom. The Hall–Kier alpha value is -2.57. The third kappa shape index (κ3) is 8.98. The van der Waals surface area contributed by atoms with Gasteiger partial charge in [-0.3, -0.25) is 0 Å². The van der Waals surface area contributed by atoms with Gasteiger partial charge in [0, 0.05) is 24.3 Å². The molecular weight excluding hydrogens is 708 g/mol. The van der Waals surface area contributed by atoms with Crippen LogP contribution < -0.4 is 10.6 Å². The summed E-state index contributed by atoms with van der Waals surface area (Å²) < 4.78 is 0. The van der Waals surface area contributed by atoms with Crippen molar-refractivity contribution in [3.63, 3.8) is 0 Å². The average Bonchev–Trinajstić information content (AvgIpc) is 3.72. The highest BCUT2D eigenvalue weighted by Gasteiger charge is 2.47. The van der Waals surface area contributed by atoms with E-state index in [9.17, 15) is 0 Å². The molecule has 2 atom stereocenters. The van der Waals surface area contributed by atoms with Gasteiger partial charge in [0.2, 0.25) is 0 Å². The third-order valence-corrected chi connectivity index (χ3v) is 18.7. The minimum Gasteiger partial charge on any atom is -0.370 e. The fraction of sp³-hybridized carbons (Fsp3) is 0.630. The van der Waals surface area contributed by atoms with Crippen molar-refractivity contribution in [3.8, 4) is 0 Å². The minimum atomic E-state index is -0.371. The SMILES string of the molecule is CCCCC1=CC(C=C2CCCCC2P(C2CCCCC2)C2CCCCC2)(c2c(C)cc(C)cc2C)C(=C2NCCN2)C(c2c(C)cc(C)cc2C)=C1CCCC. The van der Waals surface area contributed by atoms with Gasteiger partial charge in [0.1, 0.15) is 5.82 Å². The Labute approximate surface area is 351 Å². The summed E-state index contributed by atoms with van der Waals surface area (Å²) in [5.41, 5.74) is 22.1. The van der Waals surface area contributed by atoms with E-state index < -0.39 is 0 Å². The zero-order valence-electron chi connectivity index (χ0n) is 37.7. The first-order valence-electron chi connectivity index (χ1n) is 24.0. The van der Waals surface area contributed by atoms with Gasteiger partial charge in [-0.2, -0.15) is 0 Å². The second-order valence-electron chi connectivity index (χ2n) is 19.3. The van der Waals surface area contributed by atoms with Gasteiger partial charge in [-0.15, -0.1) is 0 Å². The van der Waals surface area contributed by atoms with E-state index in [2.05, 4.69) is 102 Å². The fourth-order valence-electron chi connectivity index (χ4n) is 12.6. The normalized spacial score (nSPS) is 24.7. The molecule has 3 heteroatoms. The van der Waals surface area contributed by atoms with Crippen LogP contribution in [-0.2, 0) is 5.41 Å². The number of hydrogen-bond acceptors (Lipinski definition) is 2. The topological polar surface area (TPSA) is 24.1 Å². The van der Waals surface area contributed by atoms with Crippen LogP contribution in [-0.4, -0.2) is 30.1 Å². The van der Waals surface area contributed by atoms with Crippen LogP contribution in [0.4, 0.5) is 0 Å². The summed E-state index contributed by atoms with van der Waals surface area (Å²) in [7, 11) is -0.0720. The van der Waals surface area contributed by atoms with Crippen molar-refractivity contribution in [2.24, 2.45) is 0 Å². The number of rotatable bonds is 12. The van der Waals surface area contributed by atoms with E-state index >= 15 is 0 Å². The molecule has 1 heterocycles. The molecule has 2 aromatic carbocycles. The second-order valence-corrected chi connectivity index (χ2v) is 22.2. The first kappa shape index (κ1) is 42.6. The summed E-state index contributed by atoms with van der Waals surface area (Å²) in [6.07, 6.45) is 33.3. The Bertz CT molecular complexity index is 1790. The van der Waals surface area contributed by atoms with E-state index in [-0.39, 0.29) is 13.3 Å². The van der Waals surface area contributed by atoms with Gasteiger partial charge in [-0.1, -0.05) is 133 Å². The maximum Gasteiger partial charge on any atom is 0.104 e. The van der Waals surface area contributed by atoms with Crippen LogP contribution in [0.1, 0.15) is 187 Å². The van der Waals surface area contributed by atoms with Crippen LogP contribution >= 0.6 is 7.92 Å². The van der Waals surface area contributed by atoms with E-state index in [1.54, 1.807) is 22.3 Å². The summed E-state index contributed by atoms with van der Waals surface area (Å²) in [6.45, 7) is 21.0. The molecule has 4 aliphatic carbocycles. The molecule has 2 N–H and O–H groups in total. The lowest BCUT2D eigenvalue weighted by Gasteiger charge is -2.47. The summed E-state index contributed by atoms with van der Waals surface area (Å²) in [5, 5.41) is 8.08. The van der Waals surface area contributed by atoms with Crippen LogP contribution in [0, 0.1) is 41.5 Å². The first-order chi connectivity index (χ1) is 27.7. The van der Waals surface area contributed by atoms with Crippen LogP contribution in [0.3, 0.4) is 0 Å². The maximum atomic E-state index is 4.04. The molecule has 7 rings (SSSR count). The lowest BCUT2D eigenvalue weighted by Crippen LogP contribution is -2.37. The molecule has 0 aromatic heterocycles. The lowest BCUT2D eigenvalue weighted by atomic mass is 9.60. The van der Waals surface area contributed by atoms with E-state index in [0.717, 1.165) is 42.9 Å². The predicted molar refractivity (Wildman–Crippen MR) is 251 cm³/mol. The fourth-order valence-corrected chi connectivity index (χ4v) is 17.2. The van der Waals surface area contributed by atoms with Crippen LogP contribution in [0.5, 0.6) is 0 Å². The molecule has 0 amide bonds. The van der Waals surface area contributed by atoms with Crippen molar-refractivity contribution in [1.29, 1.82) is 0 Å². The smallest absolute Gasteiger partial charge is 0.104 e. The van der Waals surface area contributed by atoms with Gasteiger partial charge in [0.05, 0.1) is 5.41 Å². The van der Waals surface area contributed by atoms with Crippen LogP contribution in [0.15, 0.2) is 64.5 Å². The molecule has 3 saturated carbocycles. The number of nitrogens with one attached hydrogen (secondary N) is 2. The highest BCUT2D eigenvalue weighted by molar-refractivity contribution is 7.60. The van der Waals surface area contributed by atoms with Crippen molar-refractivity contribution >= 4 is 13.5 Å². The Kier molecular flexibility index (Phi) is 14.3. The molecule has 0 spiro atoms. The van der Waals surface area contributed by atoms with E-state index in [1.165, 1.54) is 166 Å². The molecule has 1 saturated heterocycles. The molecule has 5 aliphatic rings. The van der Waals surface area contributed by atoms with Gasteiger partial charge in [0.15, 0.2) is 0 Å². The highest BCUT2D eigenvalue weighted by atomic mass is 31.1. The Morgan fingerprint density at radius 1 is 0.649 bits per heavy atom. The zero-order chi connectivity index (χ0) is 40.1. The van der Waals surface area contributed by atoms with Gasteiger partial charge >= 0.3 is 0 Å². The Morgan fingerprint density at radius 2 is 1.18 bits per heavy atom. The standard InChI is InChI=1S/C54H79N2P/c1-9-11-21-43-35-54(51-41(7)33-38(4)34-42(51)8,36-44-22-19-20-28-48(44)57(45-23-15-13-16-24-45)46-25-17-14-18-26-46)52(53-55-29-30-56-53)50(47(43)27-12-10-2)49-39(5)31-37(3)32-40(49)6/h31-36,45-46,48,55-56H,9-30H2,1-8H3. The van der Waals surface area contributed by atoms with Gasteiger partial charge in [0.25, 0.3) is 0 Å². The number of hydrogen-bond donors (Lipinski definition) is 2. The summed E-state index contributed by atoms with van der Waals surface area (Å²) >= 11 is 0. The van der Waals surface area contributed by atoms with E-state index in [0.29, 0.717) is 0 Å². The average molecular weight is 787 g/mol. The molecule has 4 fully saturated rings. The van der Waals surface area contributed by atoms with Crippen LogP contribution in [0.2, 0.25) is 0 Å². The highest BCUT2D eigenvalue weighted by Crippen LogP contribution is 2.64. The molecule has 310 valence electrons. The van der Waals surface area contributed by atoms with Crippen molar-refractivity contribution in [2.45, 2.75) is 206 Å². The molecule has 1 aliphatic heterocycles. The first-order valence-corrected chi connectivity index (χ1v) is 25.5. The summed E-state index contributed by atoms with van der Waals surface area (Å²) in [5.74, 6) is 1.29. The van der Waals surface area contributed by atoms with E-state index in [1.807, 2.05) is 5.57 Å². The van der Waals surface area contributed by atoms with Crippen molar-refractivity contribution in [1.82, 2.24) is 10.6 Å². The molecule has 0 bridgehead atoms. The minimum absolute atomic E-state index is 0.0720. The lowest BCUT2D eigenvalue weighted by molar-refractivity contribution is 0.476. The van der Waals surface area contributed by atoms with E-state index in [4.69, 9.17) is 0 Å². The largest absolute Gasteiger partial charge is 0.370 e. The van der Waals surface area contributed by atoms with Crippen LogP contribution in [0.25, 0.3) is 5.57 Å². The number of unbranched alkanes of at least 4 members (excludes halogenated alkanes) is 2. The predicted octanol–water partition coefficient (Wildman–Crippen LogP) is 15.0. The molecular formula is C54H79N2P. The zero-order valence-corrected chi connectivity index (χ0v) is 38.6. The van der Waals surface area contributed by atoms with Gasteiger partial charge in [-0.25, -0.2) is 0 Å². The van der Waals surface area contributed by atoms with Gasteiger partial charge < -0.3 is 10.6 Å². The molecule has 2 unspecified atom stereocenters. The second kappa shape index (κ2) is 19.2.